The molecule has 124 valence electrons. The Bertz CT molecular complexity index is 762. The van der Waals surface area contributed by atoms with Gasteiger partial charge in [-0.3, -0.25) is 14.9 Å². The second kappa shape index (κ2) is 8.83. The molecule has 0 saturated carbocycles. The van der Waals surface area contributed by atoms with Crippen LogP contribution in [-0.4, -0.2) is 22.8 Å². The first-order valence-electron chi connectivity index (χ1n) is 7.25. The maximum atomic E-state index is 11.7. The number of benzene rings is 2. The third kappa shape index (κ3) is 5.51. The van der Waals surface area contributed by atoms with Gasteiger partial charge in [0.15, 0.2) is 0 Å². The summed E-state index contributed by atoms with van der Waals surface area (Å²) in [6.07, 6.45) is 1.39. The van der Waals surface area contributed by atoms with Crippen molar-refractivity contribution in [2.75, 3.05) is 5.75 Å². The predicted octanol–water partition coefficient (Wildman–Crippen LogP) is 3.29. The Morgan fingerprint density at radius 2 is 2.08 bits per heavy atom. The average Bonchev–Trinajstić information content (AvgIpc) is 2.57. The van der Waals surface area contributed by atoms with Crippen LogP contribution in [-0.2, 0) is 10.5 Å². The minimum atomic E-state index is -0.474. The number of aryl methyl sites for hydroxylation is 1. The van der Waals surface area contributed by atoms with Crippen molar-refractivity contribution < 1.29 is 9.72 Å². The molecule has 0 fully saturated rings. The number of carbonyl (C=O) groups is 1. The second-order valence-electron chi connectivity index (χ2n) is 5.06. The number of carbonyl (C=O) groups excluding carboxylic acids is 1. The van der Waals surface area contributed by atoms with Gasteiger partial charge in [0.05, 0.1) is 16.9 Å². The molecule has 7 heteroatoms. The summed E-state index contributed by atoms with van der Waals surface area (Å²) >= 11 is 1.51. The number of thioether (sulfide) groups is 1. The van der Waals surface area contributed by atoms with Crippen molar-refractivity contribution in [1.29, 1.82) is 0 Å². The quantitative estimate of drug-likeness (QED) is 0.475. The van der Waals surface area contributed by atoms with Gasteiger partial charge in [0.1, 0.15) is 0 Å². The molecule has 24 heavy (non-hydrogen) atoms. The van der Waals surface area contributed by atoms with Crippen LogP contribution in [0.3, 0.4) is 0 Å². The lowest BCUT2D eigenvalue weighted by Crippen LogP contribution is -2.19. The fourth-order valence-electron chi connectivity index (χ4n) is 1.96. The summed E-state index contributed by atoms with van der Waals surface area (Å²) in [6.45, 7) is 2.04. The van der Waals surface area contributed by atoms with Crippen LogP contribution >= 0.6 is 11.8 Å². The molecule has 1 N–H and O–H groups in total. The van der Waals surface area contributed by atoms with Gasteiger partial charge in [-0.15, -0.1) is 11.8 Å². The van der Waals surface area contributed by atoms with E-state index < -0.39 is 4.92 Å². The van der Waals surface area contributed by atoms with Gasteiger partial charge in [0.2, 0.25) is 5.91 Å². The van der Waals surface area contributed by atoms with Gasteiger partial charge in [-0.25, -0.2) is 5.43 Å². The smallest absolute Gasteiger partial charge is 0.270 e. The van der Waals surface area contributed by atoms with Gasteiger partial charge in [-0.05, 0) is 18.1 Å². The molecule has 2 aromatic carbocycles. The number of hydrogen-bond acceptors (Lipinski definition) is 5. The third-order valence-electron chi connectivity index (χ3n) is 3.24. The molecule has 0 aliphatic rings. The normalized spacial score (nSPS) is 10.7. The van der Waals surface area contributed by atoms with E-state index in [9.17, 15) is 14.9 Å². The Hall–Kier alpha value is -2.67. The van der Waals surface area contributed by atoms with Crippen LogP contribution in [0.25, 0.3) is 0 Å². The number of hydrazone groups is 1. The predicted molar refractivity (Wildman–Crippen MR) is 96.2 cm³/mol. The highest BCUT2D eigenvalue weighted by atomic mass is 32.2. The number of rotatable bonds is 7. The fraction of sp³-hybridized carbons (Fsp3) is 0.176. The summed E-state index contributed by atoms with van der Waals surface area (Å²) in [7, 11) is 0. The second-order valence-corrected chi connectivity index (χ2v) is 6.05. The molecular weight excluding hydrogens is 326 g/mol. The molecule has 0 aliphatic heterocycles. The zero-order valence-electron chi connectivity index (χ0n) is 13.1. The number of amides is 1. The van der Waals surface area contributed by atoms with Crippen LogP contribution in [0, 0.1) is 17.0 Å². The Labute approximate surface area is 144 Å². The molecule has 0 saturated heterocycles. The van der Waals surface area contributed by atoms with Crippen LogP contribution in [0.5, 0.6) is 0 Å². The average molecular weight is 343 g/mol. The monoisotopic (exact) mass is 343 g/mol. The Balaban J connectivity index is 1.78. The van der Waals surface area contributed by atoms with Crippen molar-refractivity contribution in [1.82, 2.24) is 5.43 Å². The minimum absolute atomic E-state index is 0.0148. The van der Waals surface area contributed by atoms with Gasteiger partial charge in [0.25, 0.3) is 5.69 Å². The van der Waals surface area contributed by atoms with E-state index in [1.165, 1.54) is 41.2 Å². The van der Waals surface area contributed by atoms with Gasteiger partial charge >= 0.3 is 0 Å². The zero-order valence-corrected chi connectivity index (χ0v) is 14.0. The highest BCUT2D eigenvalue weighted by Gasteiger charge is 2.05. The topological polar surface area (TPSA) is 84.6 Å². The van der Waals surface area contributed by atoms with Crippen molar-refractivity contribution in [2.24, 2.45) is 5.10 Å². The van der Waals surface area contributed by atoms with E-state index in [1.54, 1.807) is 12.1 Å². The molecule has 0 atom stereocenters. The van der Waals surface area contributed by atoms with Crippen molar-refractivity contribution in [3.8, 4) is 0 Å². The lowest BCUT2D eigenvalue weighted by molar-refractivity contribution is -0.384. The van der Waals surface area contributed by atoms with E-state index in [4.69, 9.17) is 0 Å². The molecule has 0 heterocycles. The van der Waals surface area contributed by atoms with Crippen molar-refractivity contribution in [3.63, 3.8) is 0 Å². The largest absolute Gasteiger partial charge is 0.272 e. The van der Waals surface area contributed by atoms with E-state index in [1.807, 2.05) is 31.2 Å². The number of nitrogens with zero attached hydrogens (tertiary/aromatic N) is 2. The molecule has 2 aromatic rings. The number of nitro benzene ring substituents is 1. The van der Waals surface area contributed by atoms with Gasteiger partial charge < -0.3 is 0 Å². The molecule has 0 aromatic heterocycles. The number of hydrogen-bond donors (Lipinski definition) is 1. The number of nitrogens with one attached hydrogen (secondary N) is 1. The van der Waals surface area contributed by atoms with E-state index in [-0.39, 0.29) is 11.6 Å². The first-order valence-corrected chi connectivity index (χ1v) is 8.40. The Morgan fingerprint density at radius 1 is 1.29 bits per heavy atom. The summed E-state index contributed by atoms with van der Waals surface area (Å²) in [5.41, 5.74) is 5.37. The molecule has 0 spiro atoms. The number of nitro groups is 1. The first-order chi connectivity index (χ1) is 11.6. The lowest BCUT2D eigenvalue weighted by atomic mass is 10.1. The SMILES string of the molecule is Cc1ccccc1CSCC(=O)NN=Cc1cccc([N+](=O)[O-])c1. The highest BCUT2D eigenvalue weighted by molar-refractivity contribution is 7.99. The third-order valence-corrected chi connectivity index (χ3v) is 4.22. The summed E-state index contributed by atoms with van der Waals surface area (Å²) in [6, 6.07) is 14.1. The molecule has 0 radical (unpaired) electrons. The van der Waals surface area contributed by atoms with Gasteiger partial charge in [-0.2, -0.15) is 5.10 Å². The van der Waals surface area contributed by atoms with Crippen LogP contribution in [0.4, 0.5) is 5.69 Å². The van der Waals surface area contributed by atoms with Crippen LogP contribution in [0.15, 0.2) is 53.6 Å². The van der Waals surface area contributed by atoms with Crippen LogP contribution < -0.4 is 5.43 Å². The van der Waals surface area contributed by atoms with E-state index in [2.05, 4.69) is 10.5 Å². The van der Waals surface area contributed by atoms with E-state index >= 15 is 0 Å². The fourth-order valence-corrected chi connectivity index (χ4v) is 2.85. The first kappa shape index (κ1) is 17.7. The van der Waals surface area contributed by atoms with E-state index in [0.717, 1.165) is 5.75 Å². The maximum absolute atomic E-state index is 11.7. The summed E-state index contributed by atoms with van der Waals surface area (Å²) in [5, 5.41) is 14.5. The lowest BCUT2D eigenvalue weighted by Gasteiger charge is -2.04. The molecule has 6 nitrogen and oxygen atoms in total. The number of non-ortho nitro benzene ring substituents is 1. The maximum Gasteiger partial charge on any atom is 0.270 e. The Morgan fingerprint density at radius 3 is 2.83 bits per heavy atom. The van der Waals surface area contributed by atoms with Crippen molar-refractivity contribution >= 4 is 29.6 Å². The van der Waals surface area contributed by atoms with Crippen molar-refractivity contribution in [3.05, 3.63) is 75.3 Å². The summed E-state index contributed by atoms with van der Waals surface area (Å²) in [5.74, 6) is 0.838. The molecular formula is C17H17N3O3S. The zero-order chi connectivity index (χ0) is 17.4. The Kier molecular flexibility index (Phi) is 6.51. The molecule has 2 rings (SSSR count). The molecule has 0 unspecified atom stereocenters. The van der Waals surface area contributed by atoms with Gasteiger partial charge in [-0.1, -0.05) is 36.4 Å². The highest BCUT2D eigenvalue weighted by Crippen LogP contribution is 2.15. The van der Waals surface area contributed by atoms with Gasteiger partial charge in [0, 0.05) is 23.4 Å². The van der Waals surface area contributed by atoms with E-state index in [0.29, 0.717) is 11.3 Å². The molecule has 0 aliphatic carbocycles. The standard InChI is InChI=1S/C17H17N3O3S/c1-13-5-2-3-7-15(13)11-24-12-17(21)19-18-10-14-6-4-8-16(9-14)20(22)23/h2-10H,11-12H2,1H3,(H,19,21). The summed E-state index contributed by atoms with van der Waals surface area (Å²) in [4.78, 5) is 21.9. The van der Waals surface area contributed by atoms with Crippen molar-refractivity contribution in [2.45, 2.75) is 12.7 Å². The van der Waals surface area contributed by atoms with Crippen LogP contribution in [0.2, 0.25) is 0 Å². The minimum Gasteiger partial charge on any atom is -0.272 e. The molecule has 0 bridgehead atoms. The van der Waals surface area contributed by atoms with Crippen LogP contribution in [0.1, 0.15) is 16.7 Å². The molecule has 1 amide bonds. The summed E-state index contributed by atoms with van der Waals surface area (Å²) < 4.78 is 0.